The SMILES string of the molecule is Cc1ccc(NC(=O)[C@H](C)Oc2cccc(Br)c2)c([N+](=O)[O-])c1. The molecule has 0 saturated heterocycles. The van der Waals surface area contributed by atoms with Crippen LogP contribution in [0.25, 0.3) is 0 Å². The lowest BCUT2D eigenvalue weighted by Crippen LogP contribution is -2.30. The van der Waals surface area contributed by atoms with Gasteiger partial charge in [0.05, 0.1) is 4.92 Å². The minimum absolute atomic E-state index is 0.145. The fourth-order valence-electron chi connectivity index (χ4n) is 1.93. The van der Waals surface area contributed by atoms with Gasteiger partial charge >= 0.3 is 0 Å². The molecule has 0 fully saturated rings. The van der Waals surface area contributed by atoms with E-state index in [2.05, 4.69) is 21.2 Å². The van der Waals surface area contributed by atoms with Crippen LogP contribution in [0.3, 0.4) is 0 Å². The average Bonchev–Trinajstić information content (AvgIpc) is 2.48. The minimum atomic E-state index is -0.801. The van der Waals surface area contributed by atoms with Crippen molar-refractivity contribution in [2.24, 2.45) is 0 Å². The van der Waals surface area contributed by atoms with E-state index in [0.717, 1.165) is 10.0 Å². The Bertz CT molecular complexity index is 749. The fourth-order valence-corrected chi connectivity index (χ4v) is 2.31. The smallest absolute Gasteiger partial charge is 0.293 e. The lowest BCUT2D eigenvalue weighted by atomic mass is 10.2. The molecular formula is C16H15BrN2O4. The lowest BCUT2D eigenvalue weighted by molar-refractivity contribution is -0.384. The molecule has 1 atom stereocenters. The summed E-state index contributed by atoms with van der Waals surface area (Å²) in [6, 6.07) is 11.7. The van der Waals surface area contributed by atoms with Crippen molar-refractivity contribution < 1.29 is 14.5 Å². The molecule has 0 aliphatic carbocycles. The van der Waals surface area contributed by atoms with Gasteiger partial charge in [-0.25, -0.2) is 0 Å². The number of benzene rings is 2. The Hall–Kier alpha value is -2.41. The van der Waals surface area contributed by atoms with Gasteiger partial charge in [0, 0.05) is 10.5 Å². The first-order chi connectivity index (χ1) is 10.9. The second kappa shape index (κ2) is 7.23. The molecule has 2 rings (SSSR count). The predicted octanol–water partition coefficient (Wildman–Crippen LogP) is 4.07. The van der Waals surface area contributed by atoms with Crippen LogP contribution >= 0.6 is 15.9 Å². The summed E-state index contributed by atoms with van der Waals surface area (Å²) < 4.78 is 6.37. The number of carbonyl (C=O) groups excluding carboxylic acids is 1. The highest BCUT2D eigenvalue weighted by Gasteiger charge is 2.20. The van der Waals surface area contributed by atoms with Gasteiger partial charge < -0.3 is 10.1 Å². The molecule has 0 aliphatic heterocycles. The molecule has 120 valence electrons. The van der Waals surface area contributed by atoms with Crippen LogP contribution in [0.2, 0.25) is 0 Å². The Balaban J connectivity index is 2.11. The number of carbonyl (C=O) groups is 1. The summed E-state index contributed by atoms with van der Waals surface area (Å²) in [6.07, 6.45) is -0.801. The zero-order valence-corrected chi connectivity index (χ0v) is 14.2. The third kappa shape index (κ3) is 4.53. The van der Waals surface area contributed by atoms with Gasteiger partial charge in [-0.3, -0.25) is 14.9 Å². The van der Waals surface area contributed by atoms with Crippen LogP contribution in [-0.4, -0.2) is 16.9 Å². The number of nitrogens with one attached hydrogen (secondary N) is 1. The number of anilines is 1. The van der Waals surface area contributed by atoms with Crippen LogP contribution in [0, 0.1) is 17.0 Å². The van der Waals surface area contributed by atoms with E-state index in [1.807, 2.05) is 6.07 Å². The quantitative estimate of drug-likeness (QED) is 0.627. The van der Waals surface area contributed by atoms with Gasteiger partial charge in [0.2, 0.25) is 0 Å². The predicted molar refractivity (Wildman–Crippen MR) is 90.7 cm³/mol. The number of hydrogen-bond acceptors (Lipinski definition) is 4. The molecule has 0 aliphatic rings. The van der Waals surface area contributed by atoms with Crippen molar-refractivity contribution in [2.75, 3.05) is 5.32 Å². The molecule has 6 nitrogen and oxygen atoms in total. The summed E-state index contributed by atoms with van der Waals surface area (Å²) in [4.78, 5) is 22.7. The van der Waals surface area contributed by atoms with Crippen molar-refractivity contribution in [1.82, 2.24) is 0 Å². The topological polar surface area (TPSA) is 81.5 Å². The van der Waals surface area contributed by atoms with Crippen molar-refractivity contribution in [2.45, 2.75) is 20.0 Å². The van der Waals surface area contributed by atoms with Crippen LogP contribution < -0.4 is 10.1 Å². The van der Waals surface area contributed by atoms with E-state index in [-0.39, 0.29) is 11.4 Å². The first kappa shape index (κ1) is 17.0. The summed E-state index contributed by atoms with van der Waals surface area (Å²) in [5.74, 6) is 0.0670. The van der Waals surface area contributed by atoms with Crippen molar-refractivity contribution in [3.63, 3.8) is 0 Å². The first-order valence-corrected chi connectivity index (χ1v) is 7.64. The lowest BCUT2D eigenvalue weighted by Gasteiger charge is -2.15. The highest BCUT2D eigenvalue weighted by Crippen LogP contribution is 2.26. The number of nitro benzene ring substituents is 1. The van der Waals surface area contributed by atoms with E-state index in [0.29, 0.717) is 5.75 Å². The molecule has 23 heavy (non-hydrogen) atoms. The van der Waals surface area contributed by atoms with Gasteiger partial charge in [0.25, 0.3) is 11.6 Å². The molecular weight excluding hydrogens is 364 g/mol. The fraction of sp³-hybridized carbons (Fsp3) is 0.188. The number of nitro groups is 1. The number of nitrogens with zero attached hydrogens (tertiary/aromatic N) is 1. The second-order valence-corrected chi connectivity index (χ2v) is 5.90. The standard InChI is InChI=1S/C16H15BrN2O4/c1-10-6-7-14(15(8-10)19(21)22)18-16(20)11(2)23-13-5-3-4-12(17)9-13/h3-9,11H,1-2H3,(H,18,20)/t11-/m0/s1. The molecule has 7 heteroatoms. The molecule has 0 bridgehead atoms. The van der Waals surface area contributed by atoms with Crippen molar-refractivity contribution in [3.8, 4) is 5.75 Å². The Kier molecular flexibility index (Phi) is 5.33. The molecule has 2 aromatic rings. The van der Waals surface area contributed by atoms with E-state index in [1.54, 1.807) is 38.1 Å². The van der Waals surface area contributed by atoms with E-state index in [4.69, 9.17) is 4.74 Å². The third-order valence-corrected chi connectivity index (χ3v) is 3.58. The van der Waals surface area contributed by atoms with Gasteiger partial charge in [-0.2, -0.15) is 0 Å². The molecule has 1 amide bonds. The van der Waals surface area contributed by atoms with Crippen LogP contribution in [0.15, 0.2) is 46.9 Å². The number of amides is 1. The normalized spacial score (nSPS) is 11.6. The Morgan fingerprint density at radius 1 is 1.30 bits per heavy atom. The largest absolute Gasteiger partial charge is 0.481 e. The zero-order valence-electron chi connectivity index (χ0n) is 12.6. The zero-order chi connectivity index (χ0) is 17.0. The van der Waals surface area contributed by atoms with Gasteiger partial charge in [-0.15, -0.1) is 0 Å². The molecule has 0 spiro atoms. The number of rotatable bonds is 5. The van der Waals surface area contributed by atoms with Gasteiger partial charge in [0.1, 0.15) is 11.4 Å². The summed E-state index contributed by atoms with van der Waals surface area (Å²) in [5, 5.41) is 13.6. The van der Waals surface area contributed by atoms with E-state index >= 15 is 0 Å². The second-order valence-electron chi connectivity index (χ2n) is 4.98. The van der Waals surface area contributed by atoms with Gasteiger partial charge in [-0.05, 0) is 43.7 Å². The number of hydrogen-bond donors (Lipinski definition) is 1. The molecule has 2 aromatic carbocycles. The van der Waals surface area contributed by atoms with Crippen molar-refractivity contribution in [3.05, 3.63) is 62.6 Å². The Labute approximate surface area is 141 Å². The maximum absolute atomic E-state index is 12.2. The monoisotopic (exact) mass is 378 g/mol. The maximum Gasteiger partial charge on any atom is 0.293 e. The first-order valence-electron chi connectivity index (χ1n) is 6.85. The molecule has 0 aromatic heterocycles. The number of halogens is 1. The summed E-state index contributed by atoms with van der Waals surface area (Å²) in [7, 11) is 0. The molecule has 1 N–H and O–H groups in total. The summed E-state index contributed by atoms with van der Waals surface area (Å²) >= 11 is 3.32. The summed E-state index contributed by atoms with van der Waals surface area (Å²) in [6.45, 7) is 3.33. The highest BCUT2D eigenvalue weighted by atomic mass is 79.9. The average molecular weight is 379 g/mol. The highest BCUT2D eigenvalue weighted by molar-refractivity contribution is 9.10. The van der Waals surface area contributed by atoms with E-state index < -0.39 is 16.9 Å². The van der Waals surface area contributed by atoms with Crippen molar-refractivity contribution in [1.29, 1.82) is 0 Å². The minimum Gasteiger partial charge on any atom is -0.481 e. The van der Waals surface area contributed by atoms with Crippen molar-refractivity contribution >= 4 is 33.2 Å². The van der Waals surface area contributed by atoms with E-state index in [9.17, 15) is 14.9 Å². The molecule has 0 saturated carbocycles. The molecule has 0 unspecified atom stereocenters. The molecule has 0 radical (unpaired) electrons. The van der Waals surface area contributed by atoms with Crippen LogP contribution in [0.4, 0.5) is 11.4 Å². The number of ether oxygens (including phenoxy) is 1. The summed E-state index contributed by atoms with van der Waals surface area (Å²) in [5.41, 5.74) is 0.747. The Morgan fingerprint density at radius 3 is 2.70 bits per heavy atom. The number of aryl methyl sites for hydroxylation is 1. The van der Waals surface area contributed by atoms with Crippen LogP contribution in [0.5, 0.6) is 5.75 Å². The maximum atomic E-state index is 12.2. The van der Waals surface area contributed by atoms with E-state index in [1.165, 1.54) is 12.1 Å². The van der Waals surface area contributed by atoms with Gasteiger partial charge in [0.15, 0.2) is 6.10 Å². The van der Waals surface area contributed by atoms with Crippen LogP contribution in [-0.2, 0) is 4.79 Å². The third-order valence-electron chi connectivity index (χ3n) is 3.09. The van der Waals surface area contributed by atoms with Gasteiger partial charge in [-0.1, -0.05) is 28.1 Å². The van der Waals surface area contributed by atoms with Crippen LogP contribution in [0.1, 0.15) is 12.5 Å². The molecule has 0 heterocycles. The Morgan fingerprint density at radius 2 is 2.04 bits per heavy atom.